The van der Waals surface area contributed by atoms with Crippen molar-refractivity contribution < 1.29 is 4.79 Å². The maximum Gasteiger partial charge on any atom is 0.224 e. The molecule has 1 aromatic rings. The second-order valence-corrected chi connectivity index (χ2v) is 5.10. The van der Waals surface area contributed by atoms with Crippen molar-refractivity contribution in [3.8, 4) is 0 Å². The van der Waals surface area contributed by atoms with Gasteiger partial charge in [0.15, 0.2) is 0 Å². The third-order valence-electron chi connectivity index (χ3n) is 3.58. The Morgan fingerprint density at radius 2 is 2.35 bits per heavy atom. The van der Waals surface area contributed by atoms with E-state index in [9.17, 15) is 4.79 Å². The van der Waals surface area contributed by atoms with E-state index in [1.54, 1.807) is 18.1 Å². The van der Waals surface area contributed by atoms with Crippen molar-refractivity contribution in [3.05, 3.63) is 18.2 Å². The molecule has 2 N–H and O–H groups in total. The van der Waals surface area contributed by atoms with Gasteiger partial charge in [-0.1, -0.05) is 0 Å². The quantitative estimate of drug-likeness (QED) is 0.835. The summed E-state index contributed by atoms with van der Waals surface area (Å²) in [5.41, 5.74) is 5.83. The summed E-state index contributed by atoms with van der Waals surface area (Å²) in [7, 11) is 3.73. The van der Waals surface area contributed by atoms with Gasteiger partial charge in [-0.25, -0.2) is 4.98 Å². The van der Waals surface area contributed by atoms with Crippen LogP contribution in [0, 0.1) is 0 Å². The molecule has 0 unspecified atom stereocenters. The third-order valence-corrected chi connectivity index (χ3v) is 3.58. The molecule has 1 aromatic heterocycles. The molecular weight excluding hydrogens is 216 g/mol. The van der Waals surface area contributed by atoms with Crippen LogP contribution in [0.3, 0.4) is 0 Å². The lowest BCUT2D eigenvalue weighted by atomic mass is 9.75. The summed E-state index contributed by atoms with van der Waals surface area (Å²) in [5.74, 6) is 0.996. The predicted molar refractivity (Wildman–Crippen MR) is 65.1 cm³/mol. The van der Waals surface area contributed by atoms with Crippen molar-refractivity contribution >= 4 is 5.91 Å². The van der Waals surface area contributed by atoms with Crippen molar-refractivity contribution in [2.45, 2.75) is 37.8 Å². The maximum atomic E-state index is 12.0. The third kappa shape index (κ3) is 2.66. The topological polar surface area (TPSA) is 64.2 Å². The summed E-state index contributed by atoms with van der Waals surface area (Å²) in [5, 5.41) is 0. The van der Waals surface area contributed by atoms with Crippen LogP contribution in [0.15, 0.2) is 12.4 Å². The summed E-state index contributed by atoms with van der Waals surface area (Å²) < 4.78 is 1.92. The first-order chi connectivity index (χ1) is 8.00. The minimum absolute atomic E-state index is 0.107. The van der Waals surface area contributed by atoms with E-state index in [1.807, 2.05) is 17.8 Å². The zero-order chi connectivity index (χ0) is 12.5. The largest absolute Gasteiger partial charge is 0.338 e. The molecule has 0 saturated heterocycles. The summed E-state index contributed by atoms with van der Waals surface area (Å²) in [6.45, 7) is 0.540. The number of amides is 1. The van der Waals surface area contributed by atoms with E-state index in [4.69, 9.17) is 5.73 Å². The highest BCUT2D eigenvalue weighted by molar-refractivity contribution is 5.77. The Morgan fingerprint density at radius 3 is 2.82 bits per heavy atom. The molecule has 1 heterocycles. The maximum absolute atomic E-state index is 12.0. The number of carbonyl (C=O) groups excluding carboxylic acids is 1. The molecule has 94 valence electrons. The van der Waals surface area contributed by atoms with Gasteiger partial charge in [0.1, 0.15) is 5.82 Å². The summed E-state index contributed by atoms with van der Waals surface area (Å²) >= 11 is 0. The monoisotopic (exact) mass is 236 g/mol. The molecule has 2 rings (SSSR count). The van der Waals surface area contributed by atoms with Gasteiger partial charge in [-0.3, -0.25) is 4.79 Å². The zero-order valence-corrected chi connectivity index (χ0v) is 10.5. The Bertz CT molecular complexity index is 408. The van der Waals surface area contributed by atoms with E-state index >= 15 is 0 Å². The minimum Gasteiger partial charge on any atom is -0.338 e. The molecule has 0 atom stereocenters. The average Bonchev–Trinajstić information content (AvgIpc) is 2.62. The van der Waals surface area contributed by atoms with Gasteiger partial charge in [0, 0.05) is 38.4 Å². The molecular formula is C12H20N4O. The second kappa shape index (κ2) is 4.49. The van der Waals surface area contributed by atoms with Gasteiger partial charge in [-0.2, -0.15) is 0 Å². The van der Waals surface area contributed by atoms with Gasteiger partial charge in [-0.15, -0.1) is 0 Å². The Hall–Kier alpha value is -1.36. The highest BCUT2D eigenvalue weighted by Crippen LogP contribution is 2.32. The standard InChI is InChI=1S/C12H20N4O/c1-15-7-6-14-10(15)9-16(2)11(17)8-12(13)4-3-5-12/h6-7H,3-5,8-9,13H2,1-2H3. The zero-order valence-electron chi connectivity index (χ0n) is 10.5. The van der Waals surface area contributed by atoms with Gasteiger partial charge in [0.25, 0.3) is 0 Å². The fraction of sp³-hybridized carbons (Fsp3) is 0.667. The summed E-state index contributed by atoms with van der Waals surface area (Å²) in [6.07, 6.45) is 7.15. The Kier molecular flexibility index (Phi) is 3.19. The fourth-order valence-electron chi connectivity index (χ4n) is 2.09. The Balaban J connectivity index is 1.89. The van der Waals surface area contributed by atoms with Crippen molar-refractivity contribution in [1.82, 2.24) is 14.5 Å². The number of hydrogen-bond acceptors (Lipinski definition) is 3. The smallest absolute Gasteiger partial charge is 0.224 e. The molecule has 0 radical (unpaired) electrons. The molecule has 1 aliphatic rings. The van der Waals surface area contributed by atoms with Crippen LogP contribution >= 0.6 is 0 Å². The van der Waals surface area contributed by atoms with Crippen molar-refractivity contribution in [2.24, 2.45) is 12.8 Å². The van der Waals surface area contributed by atoms with Gasteiger partial charge in [0.05, 0.1) is 6.54 Å². The lowest BCUT2D eigenvalue weighted by Crippen LogP contribution is -2.50. The van der Waals surface area contributed by atoms with Crippen LogP contribution in [0.2, 0.25) is 0 Å². The first kappa shape index (κ1) is 12.1. The number of aromatic nitrogens is 2. The molecule has 0 aliphatic heterocycles. The van der Waals surface area contributed by atoms with E-state index in [2.05, 4.69) is 4.98 Å². The average molecular weight is 236 g/mol. The number of imidazole rings is 1. The molecule has 0 spiro atoms. The van der Waals surface area contributed by atoms with Crippen LogP contribution in [0.1, 0.15) is 31.5 Å². The van der Waals surface area contributed by atoms with Crippen LogP contribution in [0.4, 0.5) is 0 Å². The highest BCUT2D eigenvalue weighted by Gasteiger charge is 2.35. The van der Waals surface area contributed by atoms with Crippen molar-refractivity contribution in [3.63, 3.8) is 0 Å². The fourth-order valence-corrected chi connectivity index (χ4v) is 2.09. The Labute approximate surface area is 102 Å². The molecule has 1 saturated carbocycles. The van der Waals surface area contributed by atoms with Crippen LogP contribution < -0.4 is 5.73 Å². The first-order valence-corrected chi connectivity index (χ1v) is 5.99. The van der Waals surface area contributed by atoms with E-state index < -0.39 is 0 Å². The van der Waals surface area contributed by atoms with E-state index in [1.165, 1.54) is 0 Å². The number of nitrogens with zero attached hydrogens (tertiary/aromatic N) is 3. The second-order valence-electron chi connectivity index (χ2n) is 5.10. The van der Waals surface area contributed by atoms with Gasteiger partial charge in [-0.05, 0) is 19.3 Å². The SMILES string of the molecule is CN(Cc1nccn1C)C(=O)CC1(N)CCC1. The number of carbonyl (C=O) groups is 1. The van der Waals surface area contributed by atoms with Gasteiger partial charge < -0.3 is 15.2 Å². The van der Waals surface area contributed by atoms with Crippen molar-refractivity contribution in [2.75, 3.05) is 7.05 Å². The molecule has 1 fully saturated rings. The number of aryl methyl sites for hydroxylation is 1. The lowest BCUT2D eigenvalue weighted by Gasteiger charge is -2.38. The van der Waals surface area contributed by atoms with Crippen LogP contribution in [-0.4, -0.2) is 32.9 Å². The van der Waals surface area contributed by atoms with E-state index in [0.29, 0.717) is 13.0 Å². The van der Waals surface area contributed by atoms with Crippen LogP contribution in [0.5, 0.6) is 0 Å². The van der Waals surface area contributed by atoms with E-state index in [-0.39, 0.29) is 11.4 Å². The van der Waals surface area contributed by atoms with Gasteiger partial charge in [0.2, 0.25) is 5.91 Å². The predicted octanol–water partition coefficient (Wildman–Crippen LogP) is 0.650. The number of rotatable bonds is 4. The van der Waals surface area contributed by atoms with Gasteiger partial charge >= 0.3 is 0 Å². The number of hydrogen-bond donors (Lipinski definition) is 1. The van der Waals surface area contributed by atoms with Crippen LogP contribution in [-0.2, 0) is 18.4 Å². The lowest BCUT2D eigenvalue weighted by molar-refractivity contribution is -0.132. The molecule has 0 aromatic carbocycles. The first-order valence-electron chi connectivity index (χ1n) is 5.99. The highest BCUT2D eigenvalue weighted by atomic mass is 16.2. The Morgan fingerprint density at radius 1 is 1.65 bits per heavy atom. The van der Waals surface area contributed by atoms with Crippen LogP contribution in [0.25, 0.3) is 0 Å². The molecule has 1 amide bonds. The summed E-state index contributed by atoms with van der Waals surface area (Å²) in [4.78, 5) is 17.9. The van der Waals surface area contributed by atoms with E-state index in [0.717, 1.165) is 25.1 Å². The minimum atomic E-state index is -0.243. The molecule has 0 bridgehead atoms. The molecule has 17 heavy (non-hydrogen) atoms. The van der Waals surface area contributed by atoms with Crippen molar-refractivity contribution in [1.29, 1.82) is 0 Å². The molecule has 5 nitrogen and oxygen atoms in total. The summed E-state index contributed by atoms with van der Waals surface area (Å²) in [6, 6.07) is 0. The molecule has 5 heteroatoms. The normalized spacial score (nSPS) is 17.6. The molecule has 1 aliphatic carbocycles. The number of nitrogens with two attached hydrogens (primary N) is 1.